The molecular weight excluding hydrogens is 153 g/mol. The van der Waals surface area contributed by atoms with E-state index in [4.69, 9.17) is 5.73 Å². The third-order valence-electron chi connectivity index (χ3n) is 2.08. The number of rotatable bonds is 1. The van der Waals surface area contributed by atoms with Crippen LogP contribution in [-0.2, 0) is 0 Å². The molecule has 0 unspecified atom stereocenters. The van der Waals surface area contributed by atoms with Crippen LogP contribution in [0.1, 0.15) is 30.9 Å². The normalized spacial score (nSPS) is 10.8. The van der Waals surface area contributed by atoms with Gasteiger partial charge in [-0.05, 0) is 30.0 Å². The smallest absolute Gasteiger partial charge is 0.149 e. The quantitative estimate of drug-likeness (QED) is 0.639. The van der Waals surface area contributed by atoms with Gasteiger partial charge in [-0.25, -0.2) is 4.39 Å². The van der Waals surface area contributed by atoms with Gasteiger partial charge in [0, 0.05) is 0 Å². The predicted molar refractivity (Wildman–Crippen MR) is 49.6 cm³/mol. The Bertz CT molecular complexity index is 292. The van der Waals surface area contributed by atoms with Crippen LogP contribution in [0, 0.1) is 12.7 Å². The number of halogens is 1. The number of anilines is 1. The lowest BCUT2D eigenvalue weighted by atomic mass is 9.97. The van der Waals surface area contributed by atoms with Gasteiger partial charge in [-0.2, -0.15) is 0 Å². The van der Waals surface area contributed by atoms with Crippen LogP contribution in [0.4, 0.5) is 10.1 Å². The molecule has 1 aromatic carbocycles. The largest absolute Gasteiger partial charge is 0.396 e. The van der Waals surface area contributed by atoms with Gasteiger partial charge in [0.2, 0.25) is 0 Å². The van der Waals surface area contributed by atoms with Crippen molar-refractivity contribution in [3.63, 3.8) is 0 Å². The summed E-state index contributed by atoms with van der Waals surface area (Å²) < 4.78 is 13.2. The van der Waals surface area contributed by atoms with E-state index < -0.39 is 0 Å². The minimum atomic E-state index is -0.277. The van der Waals surface area contributed by atoms with Crippen LogP contribution >= 0.6 is 0 Å². The van der Waals surface area contributed by atoms with Crippen LogP contribution in [0.3, 0.4) is 0 Å². The number of hydrogen-bond donors (Lipinski definition) is 1. The summed E-state index contributed by atoms with van der Waals surface area (Å²) in [4.78, 5) is 0. The van der Waals surface area contributed by atoms with E-state index in [9.17, 15) is 4.39 Å². The van der Waals surface area contributed by atoms with Crippen molar-refractivity contribution in [3.8, 4) is 0 Å². The first-order valence-electron chi connectivity index (χ1n) is 4.08. The lowest BCUT2D eigenvalue weighted by Crippen LogP contribution is -1.99. The topological polar surface area (TPSA) is 26.0 Å². The Hall–Kier alpha value is -1.05. The first-order valence-corrected chi connectivity index (χ1v) is 4.08. The maximum Gasteiger partial charge on any atom is 0.149 e. The molecule has 0 fully saturated rings. The van der Waals surface area contributed by atoms with Crippen LogP contribution in [-0.4, -0.2) is 0 Å². The zero-order chi connectivity index (χ0) is 9.30. The summed E-state index contributed by atoms with van der Waals surface area (Å²) in [7, 11) is 0. The fraction of sp³-hybridized carbons (Fsp3) is 0.400. The molecule has 0 spiro atoms. The molecule has 0 aliphatic heterocycles. The van der Waals surface area contributed by atoms with E-state index >= 15 is 0 Å². The van der Waals surface area contributed by atoms with Gasteiger partial charge in [-0.1, -0.05) is 19.9 Å². The fourth-order valence-electron chi connectivity index (χ4n) is 1.35. The second-order valence-electron chi connectivity index (χ2n) is 3.34. The van der Waals surface area contributed by atoms with Crippen molar-refractivity contribution in [2.75, 3.05) is 5.73 Å². The summed E-state index contributed by atoms with van der Waals surface area (Å²) >= 11 is 0. The molecule has 0 amide bonds. The van der Waals surface area contributed by atoms with Gasteiger partial charge in [-0.15, -0.1) is 0 Å². The van der Waals surface area contributed by atoms with Crippen molar-refractivity contribution in [1.82, 2.24) is 0 Å². The maximum absolute atomic E-state index is 13.2. The highest BCUT2D eigenvalue weighted by Crippen LogP contribution is 2.24. The number of nitrogen functional groups attached to an aromatic ring is 1. The van der Waals surface area contributed by atoms with E-state index in [0.717, 1.165) is 5.56 Å². The molecule has 2 heteroatoms. The second-order valence-corrected chi connectivity index (χ2v) is 3.34. The highest BCUT2D eigenvalue weighted by atomic mass is 19.1. The van der Waals surface area contributed by atoms with E-state index in [2.05, 4.69) is 0 Å². The minimum Gasteiger partial charge on any atom is -0.396 e. The molecule has 66 valence electrons. The molecule has 0 aliphatic carbocycles. The first-order chi connectivity index (χ1) is 5.54. The van der Waals surface area contributed by atoms with Crippen molar-refractivity contribution >= 4 is 5.69 Å². The monoisotopic (exact) mass is 167 g/mol. The Kier molecular flexibility index (Phi) is 2.36. The molecule has 0 atom stereocenters. The number of hydrogen-bond acceptors (Lipinski definition) is 1. The fourth-order valence-corrected chi connectivity index (χ4v) is 1.35. The molecule has 1 nitrogen and oxygen atoms in total. The van der Waals surface area contributed by atoms with Gasteiger partial charge in [0.15, 0.2) is 0 Å². The molecule has 0 saturated heterocycles. The van der Waals surface area contributed by atoms with Gasteiger partial charge in [0.05, 0.1) is 5.69 Å². The summed E-state index contributed by atoms with van der Waals surface area (Å²) in [6.07, 6.45) is 0. The number of benzene rings is 1. The molecule has 1 aromatic rings. The average molecular weight is 167 g/mol. The Labute approximate surface area is 72.4 Å². The van der Waals surface area contributed by atoms with Crippen LogP contribution in [0.5, 0.6) is 0 Å². The van der Waals surface area contributed by atoms with Crippen LogP contribution in [0.25, 0.3) is 0 Å². The zero-order valence-electron chi connectivity index (χ0n) is 7.69. The zero-order valence-corrected chi connectivity index (χ0v) is 7.69. The van der Waals surface area contributed by atoms with Gasteiger partial charge < -0.3 is 5.73 Å². The van der Waals surface area contributed by atoms with Crippen LogP contribution in [0.2, 0.25) is 0 Å². The second kappa shape index (κ2) is 3.13. The van der Waals surface area contributed by atoms with Crippen molar-refractivity contribution in [2.45, 2.75) is 26.7 Å². The third kappa shape index (κ3) is 1.42. The highest BCUT2D eigenvalue weighted by molar-refractivity contribution is 5.47. The molecule has 0 radical (unpaired) electrons. The van der Waals surface area contributed by atoms with Crippen molar-refractivity contribution < 1.29 is 4.39 Å². The van der Waals surface area contributed by atoms with Gasteiger partial charge in [0.25, 0.3) is 0 Å². The Morgan fingerprint density at radius 2 is 1.92 bits per heavy atom. The Balaban J connectivity index is 3.27. The SMILES string of the molecule is Cc1c(C(C)C)ccc(N)c1F. The van der Waals surface area contributed by atoms with E-state index in [1.54, 1.807) is 13.0 Å². The molecule has 0 heterocycles. The predicted octanol–water partition coefficient (Wildman–Crippen LogP) is 2.84. The third-order valence-corrected chi connectivity index (χ3v) is 2.08. The Morgan fingerprint density at radius 1 is 1.33 bits per heavy atom. The molecule has 12 heavy (non-hydrogen) atoms. The first kappa shape index (κ1) is 9.04. The molecular formula is C10H14FN. The molecule has 0 bridgehead atoms. The van der Waals surface area contributed by atoms with Crippen LogP contribution in [0.15, 0.2) is 12.1 Å². The Morgan fingerprint density at radius 3 is 2.42 bits per heavy atom. The standard InChI is InChI=1S/C10H14FN/c1-6(2)8-4-5-9(12)10(11)7(8)3/h4-6H,12H2,1-3H3. The summed E-state index contributed by atoms with van der Waals surface area (Å²) in [5, 5.41) is 0. The van der Waals surface area contributed by atoms with Crippen molar-refractivity contribution in [3.05, 3.63) is 29.1 Å². The van der Waals surface area contributed by atoms with E-state index in [-0.39, 0.29) is 11.5 Å². The van der Waals surface area contributed by atoms with Gasteiger partial charge >= 0.3 is 0 Å². The van der Waals surface area contributed by atoms with Gasteiger partial charge in [0.1, 0.15) is 5.82 Å². The summed E-state index contributed by atoms with van der Waals surface area (Å²) in [6, 6.07) is 3.51. The van der Waals surface area contributed by atoms with E-state index in [1.165, 1.54) is 0 Å². The average Bonchev–Trinajstić information content (AvgIpc) is 2.00. The summed E-state index contributed by atoms with van der Waals surface area (Å²) in [6.45, 7) is 5.84. The van der Waals surface area contributed by atoms with Crippen molar-refractivity contribution in [2.24, 2.45) is 0 Å². The van der Waals surface area contributed by atoms with E-state index in [0.29, 0.717) is 11.5 Å². The lowest BCUT2D eigenvalue weighted by molar-refractivity contribution is 0.617. The van der Waals surface area contributed by atoms with E-state index in [1.807, 2.05) is 19.9 Å². The summed E-state index contributed by atoms with van der Waals surface area (Å²) in [5.74, 6) is 0.0706. The van der Waals surface area contributed by atoms with Crippen molar-refractivity contribution in [1.29, 1.82) is 0 Å². The number of nitrogens with two attached hydrogens (primary N) is 1. The lowest BCUT2D eigenvalue weighted by Gasteiger charge is -2.11. The van der Waals surface area contributed by atoms with Crippen LogP contribution < -0.4 is 5.73 Å². The molecule has 1 rings (SSSR count). The molecule has 2 N–H and O–H groups in total. The molecule has 0 aliphatic rings. The molecule has 0 saturated carbocycles. The molecule has 0 aromatic heterocycles. The maximum atomic E-state index is 13.2. The summed E-state index contributed by atoms with van der Waals surface area (Å²) in [5.41, 5.74) is 7.35. The minimum absolute atomic E-state index is 0.233. The van der Waals surface area contributed by atoms with Gasteiger partial charge in [-0.3, -0.25) is 0 Å². The highest BCUT2D eigenvalue weighted by Gasteiger charge is 2.09.